The number of nitrogens with one attached hydrogen (secondary N) is 2. The molecule has 2 aromatic carbocycles. The summed E-state index contributed by atoms with van der Waals surface area (Å²) in [6.07, 6.45) is 1.06. The van der Waals surface area contributed by atoms with Gasteiger partial charge >= 0.3 is 5.97 Å². The second kappa shape index (κ2) is 8.22. The summed E-state index contributed by atoms with van der Waals surface area (Å²) in [4.78, 5) is 35.7. The summed E-state index contributed by atoms with van der Waals surface area (Å²) in [7, 11) is 1.14. The van der Waals surface area contributed by atoms with Crippen LogP contribution in [0.25, 0.3) is 11.1 Å². The van der Waals surface area contributed by atoms with Crippen molar-refractivity contribution in [2.45, 2.75) is 38.3 Å². The highest BCUT2D eigenvalue weighted by Gasteiger charge is 2.51. The molecule has 2 amide bonds. The van der Waals surface area contributed by atoms with Gasteiger partial charge in [0.2, 0.25) is 11.8 Å². The maximum atomic E-state index is 14.8. The van der Waals surface area contributed by atoms with Gasteiger partial charge in [-0.25, -0.2) is 13.6 Å². The van der Waals surface area contributed by atoms with Gasteiger partial charge in [-0.1, -0.05) is 24.3 Å². The van der Waals surface area contributed by atoms with Gasteiger partial charge in [-0.05, 0) is 43.0 Å². The molecule has 2 aromatic rings. The molecule has 30 heavy (non-hydrogen) atoms. The van der Waals surface area contributed by atoms with E-state index in [1.807, 2.05) is 0 Å². The fraction of sp³-hybridized carbons (Fsp3) is 0.318. The Morgan fingerprint density at radius 2 is 1.80 bits per heavy atom. The highest BCUT2D eigenvalue weighted by atomic mass is 19.1. The number of hydrogen-bond acceptors (Lipinski definition) is 4. The zero-order chi connectivity index (χ0) is 22.1. The number of carbonyl (C=O) groups is 3. The van der Waals surface area contributed by atoms with Crippen LogP contribution in [0.5, 0.6) is 0 Å². The molecule has 158 valence electrons. The van der Waals surface area contributed by atoms with Gasteiger partial charge in [-0.15, -0.1) is 0 Å². The molecule has 1 saturated carbocycles. The number of methoxy groups -OCH3 is 1. The SMILES string of the molecule is COC(=O)c1c(F)cccc1-c1ccc([C@@H](C)NC(=O)C2(NC(C)=O)CC2)c(F)c1. The molecule has 3 rings (SSSR count). The number of carbonyl (C=O) groups excluding carboxylic acids is 3. The van der Waals surface area contributed by atoms with E-state index in [4.69, 9.17) is 0 Å². The molecule has 0 saturated heterocycles. The van der Waals surface area contributed by atoms with Gasteiger partial charge in [0, 0.05) is 12.5 Å². The lowest BCUT2D eigenvalue weighted by atomic mass is 9.96. The summed E-state index contributed by atoms with van der Waals surface area (Å²) >= 11 is 0. The number of amides is 2. The summed E-state index contributed by atoms with van der Waals surface area (Å²) in [6.45, 7) is 2.96. The maximum Gasteiger partial charge on any atom is 0.341 e. The Morgan fingerprint density at radius 1 is 1.10 bits per heavy atom. The van der Waals surface area contributed by atoms with Gasteiger partial charge in [-0.2, -0.15) is 0 Å². The lowest BCUT2D eigenvalue weighted by Crippen LogP contribution is -2.48. The molecule has 0 unspecified atom stereocenters. The Hall–Kier alpha value is -3.29. The molecule has 1 atom stereocenters. The number of esters is 1. The van der Waals surface area contributed by atoms with Gasteiger partial charge in [-0.3, -0.25) is 9.59 Å². The predicted molar refractivity (Wildman–Crippen MR) is 105 cm³/mol. The van der Waals surface area contributed by atoms with E-state index in [1.165, 1.54) is 31.2 Å². The average molecular weight is 416 g/mol. The van der Waals surface area contributed by atoms with E-state index >= 15 is 0 Å². The monoisotopic (exact) mass is 416 g/mol. The van der Waals surface area contributed by atoms with Crippen LogP contribution in [0.15, 0.2) is 36.4 Å². The van der Waals surface area contributed by atoms with Crippen LogP contribution in [0.4, 0.5) is 8.78 Å². The fourth-order valence-electron chi connectivity index (χ4n) is 3.40. The molecule has 1 fully saturated rings. The first-order chi connectivity index (χ1) is 14.2. The Bertz CT molecular complexity index is 1020. The zero-order valence-corrected chi connectivity index (χ0v) is 16.8. The first kappa shape index (κ1) is 21.4. The highest BCUT2D eigenvalue weighted by Crippen LogP contribution is 2.36. The van der Waals surface area contributed by atoms with E-state index in [-0.39, 0.29) is 28.5 Å². The lowest BCUT2D eigenvalue weighted by molar-refractivity contribution is -0.129. The normalized spacial score (nSPS) is 15.1. The summed E-state index contributed by atoms with van der Waals surface area (Å²) in [5.74, 6) is -2.92. The molecule has 1 aliphatic carbocycles. The molecule has 0 aromatic heterocycles. The number of halogens is 2. The summed E-state index contributed by atoms with van der Waals surface area (Å²) in [6, 6.07) is 7.58. The summed E-state index contributed by atoms with van der Waals surface area (Å²) < 4.78 is 33.6. The molecule has 6 nitrogen and oxygen atoms in total. The van der Waals surface area contributed by atoms with Crippen LogP contribution < -0.4 is 10.6 Å². The van der Waals surface area contributed by atoms with Crippen LogP contribution in [0, 0.1) is 11.6 Å². The number of rotatable bonds is 6. The zero-order valence-electron chi connectivity index (χ0n) is 16.8. The smallest absolute Gasteiger partial charge is 0.341 e. The largest absolute Gasteiger partial charge is 0.465 e. The summed E-state index contributed by atoms with van der Waals surface area (Å²) in [5.41, 5.74) is -0.479. The first-order valence-electron chi connectivity index (χ1n) is 9.45. The Morgan fingerprint density at radius 3 is 2.37 bits per heavy atom. The van der Waals surface area contributed by atoms with Crippen molar-refractivity contribution in [2.75, 3.05) is 7.11 Å². The molecule has 8 heteroatoms. The molecule has 0 heterocycles. The van der Waals surface area contributed by atoms with Crippen LogP contribution in [0.1, 0.15) is 48.7 Å². The second-order valence-electron chi connectivity index (χ2n) is 7.35. The van der Waals surface area contributed by atoms with Crippen LogP contribution in [-0.4, -0.2) is 30.4 Å². The topological polar surface area (TPSA) is 84.5 Å². The van der Waals surface area contributed by atoms with Crippen LogP contribution >= 0.6 is 0 Å². The van der Waals surface area contributed by atoms with Gasteiger partial charge in [0.1, 0.15) is 22.7 Å². The van der Waals surface area contributed by atoms with Gasteiger partial charge in [0.25, 0.3) is 0 Å². The molecule has 1 aliphatic rings. The van der Waals surface area contributed by atoms with E-state index in [1.54, 1.807) is 13.0 Å². The van der Waals surface area contributed by atoms with E-state index in [0.717, 1.165) is 13.2 Å². The van der Waals surface area contributed by atoms with Crippen molar-refractivity contribution in [3.05, 3.63) is 59.2 Å². The minimum absolute atomic E-state index is 0.201. The number of hydrogen-bond donors (Lipinski definition) is 2. The molecule has 0 aliphatic heterocycles. The van der Waals surface area contributed by atoms with Crippen LogP contribution in [0.2, 0.25) is 0 Å². The number of benzene rings is 2. The van der Waals surface area contributed by atoms with E-state index < -0.39 is 29.2 Å². The minimum atomic E-state index is -0.923. The summed E-state index contributed by atoms with van der Waals surface area (Å²) in [5, 5.41) is 5.36. The molecule has 0 spiro atoms. The van der Waals surface area contributed by atoms with Crippen molar-refractivity contribution in [3.8, 4) is 11.1 Å². The highest BCUT2D eigenvalue weighted by molar-refractivity contribution is 5.97. The van der Waals surface area contributed by atoms with Crippen molar-refractivity contribution in [1.82, 2.24) is 10.6 Å². The quantitative estimate of drug-likeness (QED) is 0.708. The van der Waals surface area contributed by atoms with E-state index in [0.29, 0.717) is 18.4 Å². The molecular formula is C22H22F2N2O4. The fourth-order valence-corrected chi connectivity index (χ4v) is 3.40. The third-order valence-corrected chi connectivity index (χ3v) is 5.13. The lowest BCUT2D eigenvalue weighted by Gasteiger charge is -2.21. The Kier molecular flexibility index (Phi) is 5.87. The average Bonchev–Trinajstić information content (AvgIpc) is 3.47. The van der Waals surface area contributed by atoms with Crippen LogP contribution in [-0.2, 0) is 14.3 Å². The molecule has 0 radical (unpaired) electrons. The minimum Gasteiger partial charge on any atom is -0.465 e. The molecule has 0 bridgehead atoms. The Labute approximate surface area is 172 Å². The maximum absolute atomic E-state index is 14.8. The third kappa shape index (κ3) is 4.17. The standard InChI is InChI=1S/C22H22F2N2O4/c1-12(25-21(29)22(9-10-22)26-13(2)27)15-8-7-14(11-18(15)24)16-5-4-6-17(23)19(16)20(28)30-3/h4-8,11-12H,9-10H2,1-3H3,(H,25,29)(H,26,27)/t12-/m1/s1. The van der Waals surface area contributed by atoms with Gasteiger partial charge in [0.05, 0.1) is 13.2 Å². The predicted octanol–water partition coefficient (Wildman–Crippen LogP) is 3.26. The van der Waals surface area contributed by atoms with Crippen molar-refractivity contribution in [1.29, 1.82) is 0 Å². The molecule has 2 N–H and O–H groups in total. The first-order valence-corrected chi connectivity index (χ1v) is 9.45. The van der Waals surface area contributed by atoms with Crippen molar-refractivity contribution in [3.63, 3.8) is 0 Å². The second-order valence-corrected chi connectivity index (χ2v) is 7.35. The van der Waals surface area contributed by atoms with Crippen LogP contribution in [0.3, 0.4) is 0 Å². The van der Waals surface area contributed by atoms with Crippen molar-refractivity contribution >= 4 is 17.8 Å². The third-order valence-electron chi connectivity index (χ3n) is 5.13. The van der Waals surface area contributed by atoms with E-state index in [2.05, 4.69) is 15.4 Å². The van der Waals surface area contributed by atoms with Gasteiger partial charge < -0.3 is 15.4 Å². The van der Waals surface area contributed by atoms with Gasteiger partial charge in [0.15, 0.2) is 0 Å². The van der Waals surface area contributed by atoms with E-state index in [9.17, 15) is 23.2 Å². The molecular weight excluding hydrogens is 394 g/mol. The van der Waals surface area contributed by atoms with Crippen molar-refractivity contribution < 1.29 is 27.9 Å². The van der Waals surface area contributed by atoms with Crippen molar-refractivity contribution in [2.24, 2.45) is 0 Å². The number of ether oxygens (including phenoxy) is 1. The Balaban J connectivity index is 1.85.